The number of hydrogen-bond acceptors (Lipinski definition) is 3. The Morgan fingerprint density at radius 3 is 2.33 bits per heavy atom. The largest absolute Gasteiger partial charge is 0.411 e. The van der Waals surface area contributed by atoms with Crippen molar-refractivity contribution in [3.8, 4) is 0 Å². The van der Waals surface area contributed by atoms with Gasteiger partial charge in [0.15, 0.2) is 0 Å². The quantitative estimate of drug-likeness (QED) is 0.393. The maximum absolute atomic E-state index is 9.17. The van der Waals surface area contributed by atoms with Crippen molar-refractivity contribution in [1.29, 1.82) is 0 Å². The second-order valence-corrected chi connectivity index (χ2v) is 2.53. The average molecular weight is 165 g/mol. The Balaban J connectivity index is 2.97. The summed E-state index contributed by atoms with van der Waals surface area (Å²) in [6, 6.07) is 9.07. The normalized spacial score (nSPS) is 14.3. The number of oxime groups is 1. The first kappa shape index (κ1) is 8.74. The Morgan fingerprint density at radius 2 is 1.92 bits per heavy atom. The number of aliphatic hydroxyl groups excluding tert-OH is 1. The average Bonchev–Trinajstić information content (AvgIpc) is 2.07. The van der Waals surface area contributed by atoms with Crippen molar-refractivity contribution in [3.63, 3.8) is 0 Å². The van der Waals surface area contributed by atoms with Crippen molar-refractivity contribution >= 4 is 5.71 Å². The van der Waals surface area contributed by atoms with Gasteiger partial charge in [0.2, 0.25) is 0 Å². The molecule has 1 aromatic rings. The molecule has 64 valence electrons. The molecule has 0 heterocycles. The van der Waals surface area contributed by atoms with Crippen LogP contribution in [0.4, 0.5) is 0 Å². The molecule has 0 aliphatic rings. The minimum Gasteiger partial charge on any atom is -0.411 e. The lowest BCUT2D eigenvalue weighted by Gasteiger charge is -2.05. The van der Waals surface area contributed by atoms with Gasteiger partial charge in [-0.2, -0.15) is 0 Å². The molecule has 2 N–H and O–H groups in total. The zero-order valence-corrected chi connectivity index (χ0v) is 6.81. The van der Waals surface area contributed by atoms with Gasteiger partial charge in [-0.1, -0.05) is 35.5 Å². The van der Waals surface area contributed by atoms with Crippen molar-refractivity contribution in [2.24, 2.45) is 5.16 Å². The molecule has 0 aliphatic heterocycles. The fourth-order valence-electron chi connectivity index (χ4n) is 0.991. The number of aliphatic hydroxyl groups is 1. The first-order chi connectivity index (χ1) is 5.75. The minimum absolute atomic E-state index is 0.288. The summed E-state index contributed by atoms with van der Waals surface area (Å²) in [6.45, 7) is 1.56. The highest BCUT2D eigenvalue weighted by Gasteiger charge is 2.08. The molecule has 1 aromatic carbocycles. The van der Waals surface area contributed by atoms with E-state index in [0.717, 1.165) is 5.56 Å². The molecule has 0 unspecified atom stereocenters. The van der Waals surface area contributed by atoms with E-state index in [1.165, 1.54) is 0 Å². The molecule has 1 rings (SSSR count). The third-order valence-corrected chi connectivity index (χ3v) is 1.57. The van der Waals surface area contributed by atoms with Gasteiger partial charge in [-0.15, -0.1) is 0 Å². The van der Waals surface area contributed by atoms with Gasteiger partial charge in [0.05, 0.1) is 6.10 Å². The van der Waals surface area contributed by atoms with Crippen LogP contribution in [0.5, 0.6) is 0 Å². The van der Waals surface area contributed by atoms with Gasteiger partial charge >= 0.3 is 0 Å². The lowest BCUT2D eigenvalue weighted by atomic mass is 10.1. The zero-order chi connectivity index (χ0) is 8.97. The summed E-state index contributed by atoms with van der Waals surface area (Å²) in [7, 11) is 0. The first-order valence-electron chi connectivity index (χ1n) is 3.71. The molecule has 0 aromatic heterocycles. The van der Waals surface area contributed by atoms with Gasteiger partial charge in [0, 0.05) is 5.56 Å². The molecule has 12 heavy (non-hydrogen) atoms. The van der Waals surface area contributed by atoms with E-state index in [1.807, 2.05) is 18.2 Å². The van der Waals surface area contributed by atoms with E-state index in [0.29, 0.717) is 0 Å². The number of nitrogens with zero attached hydrogens (tertiary/aromatic N) is 1. The van der Waals surface area contributed by atoms with Crippen molar-refractivity contribution in [2.45, 2.75) is 13.0 Å². The SMILES string of the molecule is C[C@H](O)/C(=N\O)c1ccccc1. The number of hydrogen-bond donors (Lipinski definition) is 2. The van der Waals surface area contributed by atoms with E-state index < -0.39 is 6.10 Å². The molecule has 0 saturated heterocycles. The Labute approximate surface area is 71.0 Å². The zero-order valence-electron chi connectivity index (χ0n) is 6.81. The molecular weight excluding hydrogens is 154 g/mol. The molecule has 0 saturated carbocycles. The molecule has 0 aliphatic carbocycles. The molecule has 0 bridgehead atoms. The molecule has 0 spiro atoms. The molecule has 0 radical (unpaired) electrons. The predicted molar refractivity (Wildman–Crippen MR) is 46.4 cm³/mol. The van der Waals surface area contributed by atoms with Crippen LogP contribution in [0.3, 0.4) is 0 Å². The van der Waals surface area contributed by atoms with Gasteiger partial charge in [-0.25, -0.2) is 0 Å². The predicted octanol–water partition coefficient (Wildman–Crippen LogP) is 1.25. The Morgan fingerprint density at radius 1 is 1.33 bits per heavy atom. The van der Waals surface area contributed by atoms with E-state index in [1.54, 1.807) is 19.1 Å². The molecule has 0 fully saturated rings. The third kappa shape index (κ3) is 1.83. The van der Waals surface area contributed by atoms with Crippen LogP contribution in [-0.4, -0.2) is 22.1 Å². The highest BCUT2D eigenvalue weighted by molar-refractivity contribution is 6.02. The lowest BCUT2D eigenvalue weighted by Crippen LogP contribution is -2.17. The smallest absolute Gasteiger partial charge is 0.115 e. The standard InChI is InChI=1S/C9H11NO2/c1-7(11)9(10-12)8-5-3-2-4-6-8/h2-7,11-12H,1H3/b10-9+/t7-/m0/s1. The van der Waals surface area contributed by atoms with Gasteiger partial charge in [-0.3, -0.25) is 0 Å². The highest BCUT2D eigenvalue weighted by Crippen LogP contribution is 2.03. The van der Waals surface area contributed by atoms with Crippen LogP contribution < -0.4 is 0 Å². The van der Waals surface area contributed by atoms with Crippen molar-refractivity contribution in [3.05, 3.63) is 35.9 Å². The summed E-state index contributed by atoms with van der Waals surface area (Å²) in [6.07, 6.45) is -0.752. The van der Waals surface area contributed by atoms with Crippen molar-refractivity contribution in [2.75, 3.05) is 0 Å². The summed E-state index contributed by atoms with van der Waals surface area (Å²) < 4.78 is 0. The Kier molecular flexibility index (Phi) is 2.82. The van der Waals surface area contributed by atoms with Crippen LogP contribution in [0.1, 0.15) is 12.5 Å². The fraction of sp³-hybridized carbons (Fsp3) is 0.222. The van der Waals surface area contributed by atoms with Crippen LogP contribution >= 0.6 is 0 Å². The first-order valence-corrected chi connectivity index (χ1v) is 3.71. The van der Waals surface area contributed by atoms with E-state index in [9.17, 15) is 5.11 Å². The second kappa shape index (κ2) is 3.88. The fourth-order valence-corrected chi connectivity index (χ4v) is 0.991. The van der Waals surface area contributed by atoms with Crippen LogP contribution in [0.2, 0.25) is 0 Å². The molecule has 1 atom stereocenters. The molecule has 0 amide bonds. The molecular formula is C9H11NO2. The van der Waals surface area contributed by atoms with Gasteiger partial charge in [0.1, 0.15) is 5.71 Å². The minimum atomic E-state index is -0.752. The molecule has 3 heteroatoms. The summed E-state index contributed by atoms with van der Waals surface area (Å²) in [5.41, 5.74) is 1.02. The van der Waals surface area contributed by atoms with E-state index >= 15 is 0 Å². The molecule has 3 nitrogen and oxygen atoms in total. The monoisotopic (exact) mass is 165 g/mol. The maximum Gasteiger partial charge on any atom is 0.115 e. The van der Waals surface area contributed by atoms with Crippen LogP contribution in [0.15, 0.2) is 35.5 Å². The summed E-state index contributed by atoms with van der Waals surface area (Å²) in [5, 5.41) is 20.8. The topological polar surface area (TPSA) is 52.8 Å². The lowest BCUT2D eigenvalue weighted by molar-refractivity contribution is 0.248. The maximum atomic E-state index is 9.17. The summed E-state index contributed by atoms with van der Waals surface area (Å²) in [5.74, 6) is 0. The third-order valence-electron chi connectivity index (χ3n) is 1.57. The van der Waals surface area contributed by atoms with Crippen LogP contribution in [0.25, 0.3) is 0 Å². The van der Waals surface area contributed by atoms with Crippen LogP contribution in [-0.2, 0) is 0 Å². The second-order valence-electron chi connectivity index (χ2n) is 2.53. The Bertz CT molecular complexity index is 267. The van der Waals surface area contributed by atoms with Crippen LogP contribution in [0, 0.1) is 0 Å². The van der Waals surface area contributed by atoms with E-state index in [-0.39, 0.29) is 5.71 Å². The number of benzene rings is 1. The Hall–Kier alpha value is -1.35. The number of rotatable bonds is 2. The highest BCUT2D eigenvalue weighted by atomic mass is 16.4. The van der Waals surface area contributed by atoms with Crippen molar-refractivity contribution < 1.29 is 10.3 Å². The van der Waals surface area contributed by atoms with Crippen molar-refractivity contribution in [1.82, 2.24) is 0 Å². The van der Waals surface area contributed by atoms with Gasteiger partial charge < -0.3 is 10.3 Å². The van der Waals surface area contributed by atoms with Gasteiger partial charge in [-0.05, 0) is 6.92 Å². The summed E-state index contributed by atoms with van der Waals surface area (Å²) >= 11 is 0. The summed E-state index contributed by atoms with van der Waals surface area (Å²) in [4.78, 5) is 0. The van der Waals surface area contributed by atoms with E-state index in [4.69, 9.17) is 5.21 Å². The van der Waals surface area contributed by atoms with Gasteiger partial charge in [0.25, 0.3) is 0 Å². The van der Waals surface area contributed by atoms with E-state index in [2.05, 4.69) is 5.16 Å².